The number of aromatic hydroxyl groups is 1. The molecule has 0 spiro atoms. The minimum atomic E-state index is -0.320. The predicted molar refractivity (Wildman–Crippen MR) is 267 cm³/mol. The van der Waals surface area contributed by atoms with Gasteiger partial charge in [0.25, 0.3) is 0 Å². The van der Waals surface area contributed by atoms with Crippen molar-refractivity contribution in [1.82, 2.24) is 14.5 Å². The number of hydrogen-bond donors (Lipinski definition) is 1. The molecule has 6 aromatic carbocycles. The summed E-state index contributed by atoms with van der Waals surface area (Å²) in [7, 11) is 0. The molecule has 0 atom stereocenters. The van der Waals surface area contributed by atoms with Gasteiger partial charge in [-0.2, -0.15) is 0 Å². The Morgan fingerprint density at radius 3 is 1.97 bits per heavy atom. The number of pyridine rings is 1. The summed E-state index contributed by atoms with van der Waals surface area (Å²) in [5, 5.41) is 13.4. The Morgan fingerprint density at radius 2 is 1.29 bits per heavy atom. The van der Waals surface area contributed by atoms with Gasteiger partial charge in [-0.25, -0.2) is 4.98 Å². The molecule has 1 N–H and O–H groups in total. The van der Waals surface area contributed by atoms with E-state index in [1.54, 1.807) is 0 Å². The van der Waals surface area contributed by atoms with Crippen molar-refractivity contribution < 1.29 is 30.6 Å². The van der Waals surface area contributed by atoms with E-state index in [4.69, 9.17) is 14.4 Å². The molecule has 65 heavy (non-hydrogen) atoms. The molecule has 3 heterocycles. The van der Waals surface area contributed by atoms with Crippen LogP contribution in [-0.4, -0.2) is 19.6 Å². The largest absolute Gasteiger partial charge is 0.507 e. The number of phenolic OH excluding ortho intramolecular Hbond substituents is 1. The second-order valence-electron chi connectivity index (χ2n) is 19.9. The summed E-state index contributed by atoms with van der Waals surface area (Å²) < 4.78 is 9.06. The van der Waals surface area contributed by atoms with Gasteiger partial charge < -0.3 is 9.52 Å². The van der Waals surface area contributed by atoms with Crippen LogP contribution in [0.3, 0.4) is 0 Å². The number of fused-ring (bicyclic) bond motifs is 2. The summed E-state index contributed by atoms with van der Waals surface area (Å²) in [6.07, 6.45) is 1.84. The Bertz CT molecular complexity index is 3190. The molecule has 5 nitrogen and oxygen atoms in total. The Labute approximate surface area is 398 Å². The van der Waals surface area contributed by atoms with E-state index in [1.165, 1.54) is 16.7 Å². The molecule has 0 fully saturated rings. The quantitative estimate of drug-likeness (QED) is 0.154. The average molecular weight is 1040 g/mol. The number of rotatable bonds is 8. The van der Waals surface area contributed by atoms with Crippen molar-refractivity contribution in [3.63, 3.8) is 0 Å². The van der Waals surface area contributed by atoms with Crippen molar-refractivity contribution in [3.8, 4) is 67.7 Å². The van der Waals surface area contributed by atoms with E-state index in [9.17, 15) is 5.11 Å². The maximum Gasteiger partial charge on any atom is 0.148 e. The first-order valence-corrected chi connectivity index (χ1v) is 22.6. The second-order valence-corrected chi connectivity index (χ2v) is 19.9. The number of imidazole rings is 1. The van der Waals surface area contributed by atoms with E-state index in [1.807, 2.05) is 18.3 Å². The van der Waals surface area contributed by atoms with Crippen molar-refractivity contribution >= 4 is 22.0 Å². The third-order valence-electron chi connectivity index (χ3n) is 12.7. The van der Waals surface area contributed by atoms with Gasteiger partial charge in [-0.15, -0.1) is 29.8 Å². The van der Waals surface area contributed by atoms with Crippen LogP contribution in [0, 0.1) is 13.0 Å². The topological polar surface area (TPSA) is 64.1 Å². The van der Waals surface area contributed by atoms with Gasteiger partial charge in [-0.1, -0.05) is 165 Å². The maximum absolute atomic E-state index is 12.4. The number of hydrogen-bond acceptors (Lipinski definition) is 4. The predicted octanol–water partition coefficient (Wildman–Crippen LogP) is 16.2. The van der Waals surface area contributed by atoms with Gasteiger partial charge in [0.1, 0.15) is 22.9 Å². The second kappa shape index (κ2) is 17.4. The molecule has 0 unspecified atom stereocenters. The number of para-hydroxylation sites is 2. The summed E-state index contributed by atoms with van der Waals surface area (Å²) in [5.74, 6) is 2.48. The van der Waals surface area contributed by atoms with Gasteiger partial charge in [-0.05, 0) is 81.7 Å². The van der Waals surface area contributed by atoms with Gasteiger partial charge in [0.2, 0.25) is 0 Å². The van der Waals surface area contributed by atoms with Crippen molar-refractivity contribution in [3.05, 3.63) is 167 Å². The Balaban J connectivity index is 0.00000576. The van der Waals surface area contributed by atoms with Crippen molar-refractivity contribution in [2.24, 2.45) is 0 Å². The number of benzene rings is 6. The molecule has 0 amide bonds. The first kappa shape index (κ1) is 45.5. The van der Waals surface area contributed by atoms with Crippen molar-refractivity contribution in [1.29, 1.82) is 0 Å². The van der Waals surface area contributed by atoms with Crippen LogP contribution in [0.1, 0.15) is 109 Å². The van der Waals surface area contributed by atoms with E-state index < -0.39 is 0 Å². The number of furan rings is 1. The minimum absolute atomic E-state index is 0. The fourth-order valence-electron chi connectivity index (χ4n) is 9.29. The van der Waals surface area contributed by atoms with E-state index >= 15 is 0 Å². The summed E-state index contributed by atoms with van der Waals surface area (Å²) in [5.41, 5.74) is 16.2. The molecule has 332 valence electrons. The number of phenols is 1. The first-order chi connectivity index (χ1) is 30.5. The standard InChI is InChI=1S/C59H58N3O2.Pt/c1-35(2)42-25-18-26-43(36(3)4)52(42)56-37(5)51-50(64-56)30-31-60-53(51)40-23-17-22-39(32-40)45-27-19-29-49-54(45)61-57(46-33-41(58(6,7)8)34-47(55(46)63)59(9,10)11)62(49)48-28-16-15-24-44(48)38-20-13-12-14-21-38;/h12-31,33-36,63H,1-11H3;/q-1;. The zero-order chi connectivity index (χ0) is 45.2. The summed E-state index contributed by atoms with van der Waals surface area (Å²) in [4.78, 5) is 10.6. The third-order valence-corrected chi connectivity index (χ3v) is 12.7. The number of nitrogens with zero attached hydrogens (tertiary/aromatic N) is 3. The fourth-order valence-corrected chi connectivity index (χ4v) is 9.29. The summed E-state index contributed by atoms with van der Waals surface area (Å²) in [6, 6.07) is 48.3. The van der Waals surface area contributed by atoms with Crippen LogP contribution in [0.4, 0.5) is 0 Å². The van der Waals surface area contributed by atoms with Crippen LogP contribution in [0.2, 0.25) is 0 Å². The van der Waals surface area contributed by atoms with Crippen LogP contribution < -0.4 is 0 Å². The molecule has 0 aliphatic rings. The Kier molecular flexibility index (Phi) is 12.2. The molecule has 0 aliphatic heterocycles. The Hall–Kier alpha value is -6.03. The zero-order valence-electron chi connectivity index (χ0n) is 39.4. The SMILES string of the molecule is Cc1c(-c2c(C(C)C)cccc2C(C)C)oc2ccnc(-c3[c-]c(-c4cccc5c4nc(-c4cc(C(C)(C)C)cc(C(C)(C)C)c4O)n5-c4ccccc4-c4ccccc4)ccc3)c12.[Pt]. The van der Waals surface area contributed by atoms with Gasteiger partial charge in [0.15, 0.2) is 0 Å². The number of aryl methyl sites for hydroxylation is 1. The van der Waals surface area contributed by atoms with Crippen molar-refractivity contribution in [2.75, 3.05) is 0 Å². The van der Waals surface area contributed by atoms with Crippen LogP contribution in [-0.2, 0) is 31.9 Å². The third kappa shape index (κ3) is 8.18. The van der Waals surface area contributed by atoms with E-state index in [0.717, 1.165) is 83.7 Å². The van der Waals surface area contributed by atoms with E-state index in [2.05, 4.69) is 202 Å². The molecule has 3 aromatic heterocycles. The first-order valence-electron chi connectivity index (χ1n) is 22.6. The molecule has 0 bridgehead atoms. The molecule has 0 saturated heterocycles. The molecule has 9 rings (SSSR count). The minimum Gasteiger partial charge on any atom is -0.507 e. The normalized spacial score (nSPS) is 12.1. The fraction of sp³-hybridized carbons (Fsp3) is 0.254. The summed E-state index contributed by atoms with van der Waals surface area (Å²) >= 11 is 0. The summed E-state index contributed by atoms with van der Waals surface area (Å²) in [6.45, 7) is 24.3. The zero-order valence-corrected chi connectivity index (χ0v) is 41.6. The molecule has 0 saturated carbocycles. The van der Waals surface area contributed by atoms with Crippen LogP contribution in [0.5, 0.6) is 5.75 Å². The molecule has 9 aromatic rings. The smallest absolute Gasteiger partial charge is 0.148 e. The molecular weight excluding hydrogens is 978 g/mol. The van der Waals surface area contributed by atoms with Crippen LogP contribution in [0.15, 0.2) is 138 Å². The monoisotopic (exact) mass is 1040 g/mol. The van der Waals surface area contributed by atoms with Crippen molar-refractivity contribution in [2.45, 2.75) is 98.8 Å². The van der Waals surface area contributed by atoms with Gasteiger partial charge >= 0.3 is 0 Å². The van der Waals surface area contributed by atoms with Gasteiger partial charge in [-0.3, -0.25) is 9.55 Å². The van der Waals surface area contributed by atoms with E-state index in [-0.39, 0.29) is 37.6 Å². The van der Waals surface area contributed by atoms with E-state index in [0.29, 0.717) is 23.2 Å². The average Bonchev–Trinajstić information content (AvgIpc) is 3.83. The maximum atomic E-state index is 12.4. The number of aromatic nitrogens is 3. The molecular formula is C59H58N3O2Pt-. The van der Waals surface area contributed by atoms with Crippen LogP contribution in [0.25, 0.3) is 83.9 Å². The molecule has 6 heteroatoms. The van der Waals surface area contributed by atoms with Gasteiger partial charge in [0.05, 0.1) is 22.3 Å². The molecule has 0 radical (unpaired) electrons. The van der Waals surface area contributed by atoms with Gasteiger partial charge in [0, 0.05) is 55.0 Å². The Morgan fingerprint density at radius 1 is 0.662 bits per heavy atom. The van der Waals surface area contributed by atoms with Crippen LogP contribution >= 0.6 is 0 Å². The molecule has 0 aliphatic carbocycles.